The summed E-state index contributed by atoms with van der Waals surface area (Å²) in [6, 6.07) is 65.7. The predicted octanol–water partition coefficient (Wildman–Crippen LogP) is 10.4. The van der Waals surface area contributed by atoms with Crippen molar-refractivity contribution in [2.24, 2.45) is 35.2 Å². The maximum absolute atomic E-state index is 13.5. The van der Waals surface area contributed by atoms with Gasteiger partial charge >= 0.3 is 34.6 Å². The molecule has 0 spiro atoms. The molecule has 0 unspecified atom stereocenters. The first-order valence-electron chi connectivity index (χ1n) is 39.6. The zero-order valence-corrected chi connectivity index (χ0v) is 91.2. The van der Waals surface area contributed by atoms with Crippen LogP contribution in [0, 0.1) is 37.3 Å². The predicted molar refractivity (Wildman–Crippen MR) is 467 cm³/mol. The zero-order valence-electron chi connectivity index (χ0n) is 76.2. The summed E-state index contributed by atoms with van der Waals surface area (Å²) >= 11 is 1.68. The van der Waals surface area contributed by atoms with Crippen molar-refractivity contribution < 1.29 is 234 Å². The number of aryl methyl sites for hydroxylation is 6. The third-order valence-corrected chi connectivity index (χ3v) is 19.8. The summed E-state index contributed by atoms with van der Waals surface area (Å²) in [7, 11) is 15.3. The van der Waals surface area contributed by atoms with Crippen LogP contribution >= 0.6 is 11.8 Å². The Balaban J connectivity index is 0.000000257. The van der Waals surface area contributed by atoms with E-state index in [9.17, 15) is 37.1 Å². The molecule has 0 amide bonds. The minimum absolute atomic E-state index is 0. The van der Waals surface area contributed by atoms with Gasteiger partial charge in [0.2, 0.25) is 0 Å². The molecule has 695 valence electrons. The average Bonchev–Trinajstić information content (AvgIpc) is 1.75. The van der Waals surface area contributed by atoms with Crippen molar-refractivity contribution in [1.29, 1.82) is 0 Å². The summed E-state index contributed by atoms with van der Waals surface area (Å²) in [5.74, 6) is 7.37. The number of hydrogen-bond donors (Lipinski definition) is 0. The Kier molecular flexibility index (Phi) is 46.5. The number of tetrazole rings is 5. The molecule has 0 atom stereocenters. The van der Waals surface area contributed by atoms with Crippen LogP contribution in [0.2, 0.25) is 0 Å². The summed E-state index contributed by atoms with van der Waals surface area (Å²) in [5.41, 5.74) is 3.24. The van der Waals surface area contributed by atoms with Crippen LogP contribution in [-0.4, -0.2) is 153 Å². The first kappa shape index (κ1) is 114. The average molecular weight is 2250 g/mol. The fourth-order valence-corrected chi connectivity index (χ4v) is 13.2. The summed E-state index contributed by atoms with van der Waals surface area (Å²) < 4.78 is 119. The molecule has 0 saturated carbocycles. The van der Waals surface area contributed by atoms with Gasteiger partial charge < -0.3 is 56.8 Å². The van der Waals surface area contributed by atoms with Crippen LogP contribution in [0.25, 0.3) is 28.4 Å². The summed E-state index contributed by atoms with van der Waals surface area (Å²) in [5, 5.41) is 38.0. The molecule has 135 heavy (non-hydrogen) atoms. The maximum atomic E-state index is 13.5. The van der Waals surface area contributed by atoms with E-state index in [1.165, 1.54) is 66.5 Å². The van der Waals surface area contributed by atoms with Crippen LogP contribution in [0.1, 0.15) is 66.6 Å². The standard InChI is InChI=1S/C19H21N4O4.C18H19N4O4.C18H19N4O3S.C17H14F3N4O3.C17H17N4O3.5Y/c1-13(2)27-16-11-7-8-15(23-19(24)22(3)20-21-23)14(16)12-26-18-10-6-5-9-17(18)25-4;1-4-25-15-11-7-8-14(22-18(23)21(2)19-20-22)13(15)12-26-17-10-6-5-9-16(17)24-3;1-4-26-17-11-7-8-14(22-18(23)21(2)19-20-22)13(17)12-25-16-10-6-5-9-15(16)24-3;1-23-16(25)24(22-21-23)13-7-5-6-12(17(18,19)20)11(13)10-27-15-9-4-3-8-14(15)26-2;1-12-7-6-8-14(21-17(22)20(2)18-19-21)13(12)11-24-16-10-5-4-9-15(16)23-3;;;;;/h6-11,13H,12H2,1-4H3;2*6-11H,4,12H2,1-3H3;4-9H,10H2,1-2H3;5-10H,11H2,1-3H3;;;;;/q5*-1;;;;;. The van der Waals surface area contributed by atoms with Crippen molar-refractivity contribution >= 4 is 11.8 Å². The van der Waals surface area contributed by atoms with Gasteiger partial charge in [0.05, 0.1) is 122 Å². The van der Waals surface area contributed by atoms with E-state index in [1.807, 2.05) is 76.2 Å². The van der Waals surface area contributed by atoms with Gasteiger partial charge in [-0.1, -0.05) is 43.3 Å². The Morgan fingerprint density at radius 3 is 0.911 bits per heavy atom. The summed E-state index contributed by atoms with van der Waals surface area (Å²) in [4.78, 5) is 62.2. The van der Waals surface area contributed by atoms with Crippen LogP contribution in [0.5, 0.6) is 69.0 Å². The van der Waals surface area contributed by atoms with Gasteiger partial charge in [0, 0.05) is 249 Å². The number of halogens is 3. The Morgan fingerprint density at radius 1 is 0.333 bits per heavy atom. The van der Waals surface area contributed by atoms with E-state index in [0.717, 1.165) is 52.1 Å². The topological polar surface area (TPSA) is 374 Å². The molecule has 5 heterocycles. The van der Waals surface area contributed by atoms with Crippen molar-refractivity contribution in [3.05, 3.63) is 304 Å². The normalized spacial score (nSPS) is 10.5. The molecule has 5 radical (unpaired) electrons. The Bertz CT molecular complexity index is 6510. The maximum Gasteiger partial charge on any atom is 0.416 e. The van der Waals surface area contributed by atoms with Crippen molar-refractivity contribution in [3.8, 4) is 97.4 Å². The van der Waals surface area contributed by atoms with Gasteiger partial charge in [0.1, 0.15) is 44.5 Å². The van der Waals surface area contributed by atoms with Gasteiger partial charge in [-0.2, -0.15) is 121 Å². The molecule has 0 bridgehead atoms. The first-order chi connectivity index (χ1) is 62.7. The first-order valence-corrected chi connectivity index (χ1v) is 40.6. The Hall–Kier alpha value is -10.2. The van der Waals surface area contributed by atoms with Gasteiger partial charge in [-0.05, 0) is 146 Å². The van der Waals surface area contributed by atoms with Crippen molar-refractivity contribution in [2.75, 3.05) is 47.9 Å². The minimum Gasteiger partial charge on any atom is -0.551 e. The quantitative estimate of drug-likeness (QED) is 0.0288. The Morgan fingerprint density at radius 2 is 0.607 bits per heavy atom. The van der Waals surface area contributed by atoms with E-state index >= 15 is 0 Å². The molecule has 15 rings (SSSR count). The number of hydrogen-bond acceptors (Lipinski definition) is 28. The van der Waals surface area contributed by atoms with E-state index < -0.39 is 24.0 Å². The monoisotopic (exact) mass is 2240 g/mol. The van der Waals surface area contributed by atoms with Gasteiger partial charge in [-0.15, -0.1) is 72.4 Å². The number of rotatable bonds is 31. The van der Waals surface area contributed by atoms with E-state index in [-0.39, 0.29) is 236 Å². The Labute approximate surface area is 903 Å². The number of thioether (sulfide) groups is 1. The molecule has 10 aromatic carbocycles. The molecular formula is C89H90F3N20O17SY5-5. The zero-order chi connectivity index (χ0) is 93.1. The largest absolute Gasteiger partial charge is 0.551 e. The van der Waals surface area contributed by atoms with E-state index in [1.54, 1.807) is 172 Å². The SMILES string of the molecule is CCOc1cccc(-n2nnn(C)c2=O)c1COc1cc[c-]cc1OC.CCSc1cccc(-n2nnn(C)c2=O)c1COc1cc[c-]cc1OC.COc1c[c-]ccc1OCc1c(-n2nnn(C)c2=O)cccc1C(F)(F)F.COc1c[c-]ccc1OCc1c(C)cccc1-n1nnn(C)c1=O.COc1c[c-]ccc1OCc1c(OC(C)C)cccc1-n1nnn(C)c1=O.[Y].[Y].[Y].[Y].[Y]. The van der Waals surface area contributed by atoms with Crippen molar-refractivity contribution in [3.63, 3.8) is 0 Å². The van der Waals surface area contributed by atoms with Crippen LogP contribution in [0.4, 0.5) is 13.2 Å². The number of aromatic nitrogens is 20. The molecule has 0 aliphatic carbocycles. The minimum atomic E-state index is -4.64. The van der Waals surface area contributed by atoms with Gasteiger partial charge in [0.25, 0.3) is 0 Å². The van der Waals surface area contributed by atoms with Gasteiger partial charge in [-0.25, -0.2) is 24.0 Å². The van der Waals surface area contributed by atoms with Crippen LogP contribution < -0.4 is 85.3 Å². The third kappa shape index (κ3) is 29.2. The molecule has 0 N–H and O–H groups in total. The van der Waals surface area contributed by atoms with Gasteiger partial charge in [0.15, 0.2) is 0 Å². The fraction of sp³-hybridized carbons (Fsp3) is 0.270. The molecule has 0 fully saturated rings. The summed E-state index contributed by atoms with van der Waals surface area (Å²) in [6.07, 6.45) is -4.69. The van der Waals surface area contributed by atoms with E-state index in [2.05, 4.69) is 89.4 Å². The molecule has 37 nitrogen and oxygen atoms in total. The molecule has 5 aromatic heterocycles. The molecular weight excluding hydrogens is 2150 g/mol. The second-order valence-electron chi connectivity index (χ2n) is 27.5. The van der Waals surface area contributed by atoms with E-state index in [4.69, 9.17) is 56.8 Å². The van der Waals surface area contributed by atoms with Crippen molar-refractivity contribution in [1.82, 2.24) is 99.0 Å². The number of ether oxygens (including phenoxy) is 12. The van der Waals surface area contributed by atoms with Crippen LogP contribution in [0.3, 0.4) is 0 Å². The molecule has 0 aliphatic heterocycles. The van der Waals surface area contributed by atoms with Crippen LogP contribution in [0.15, 0.2) is 211 Å². The molecule has 15 aromatic rings. The smallest absolute Gasteiger partial charge is 0.416 e. The van der Waals surface area contributed by atoms with E-state index in [0.29, 0.717) is 104 Å². The molecule has 46 heteroatoms. The third-order valence-electron chi connectivity index (χ3n) is 18.8. The summed E-state index contributed by atoms with van der Waals surface area (Å²) in [6.45, 7) is 10.7. The van der Waals surface area contributed by atoms with Crippen LogP contribution in [-0.2, 0) is 238 Å². The number of benzene rings is 10. The number of nitrogens with zero attached hydrogens (tertiary/aromatic N) is 20. The number of methoxy groups -OCH3 is 5. The number of alkyl halides is 3. The second-order valence-corrected chi connectivity index (χ2v) is 28.8. The molecule has 0 saturated heterocycles. The fourth-order valence-electron chi connectivity index (χ4n) is 12.4. The van der Waals surface area contributed by atoms with Crippen molar-refractivity contribution in [2.45, 2.75) is 84.8 Å². The molecule has 0 aliphatic rings. The van der Waals surface area contributed by atoms with Gasteiger partial charge in [-0.3, -0.25) is 0 Å². The second kappa shape index (κ2) is 55.3.